The van der Waals surface area contributed by atoms with Crippen molar-refractivity contribution < 1.29 is 0 Å². The van der Waals surface area contributed by atoms with E-state index in [2.05, 4.69) is 62.5 Å². The van der Waals surface area contributed by atoms with Crippen molar-refractivity contribution in [3.63, 3.8) is 0 Å². The van der Waals surface area contributed by atoms with Crippen LogP contribution >= 0.6 is 0 Å². The summed E-state index contributed by atoms with van der Waals surface area (Å²) in [6.45, 7) is 4.12. The number of aromatic amines is 1. The van der Waals surface area contributed by atoms with E-state index in [9.17, 15) is 0 Å². The Morgan fingerprint density at radius 3 is 2.85 bits per heavy atom. The van der Waals surface area contributed by atoms with E-state index < -0.39 is 0 Å². The normalized spacial score (nSPS) is 18.3. The van der Waals surface area contributed by atoms with E-state index in [0.29, 0.717) is 11.5 Å². The summed E-state index contributed by atoms with van der Waals surface area (Å²) < 4.78 is 0. The van der Waals surface area contributed by atoms with Crippen molar-refractivity contribution >= 4 is 28.6 Å². The summed E-state index contributed by atoms with van der Waals surface area (Å²) in [5.41, 5.74) is 10.5. The molecule has 7 nitrogen and oxygen atoms in total. The molecule has 0 radical (unpaired) electrons. The van der Waals surface area contributed by atoms with Crippen molar-refractivity contribution in [3.05, 3.63) is 54.0 Å². The SMILES string of the molecule is CC1=CCC(c2ccccc2)C(C(C)Nc2nc(N)nc3nc[nH]c23)=N1. The molecule has 0 saturated carbocycles. The Hall–Kier alpha value is -3.22. The summed E-state index contributed by atoms with van der Waals surface area (Å²) in [5, 5.41) is 3.44. The highest BCUT2D eigenvalue weighted by Gasteiger charge is 2.26. The molecule has 0 bridgehead atoms. The number of rotatable bonds is 4. The molecule has 2 aromatic heterocycles. The van der Waals surface area contributed by atoms with Crippen molar-refractivity contribution in [2.45, 2.75) is 32.2 Å². The van der Waals surface area contributed by atoms with Crippen LogP contribution in [0, 0.1) is 0 Å². The van der Waals surface area contributed by atoms with E-state index in [1.807, 2.05) is 13.0 Å². The monoisotopic (exact) mass is 347 g/mol. The van der Waals surface area contributed by atoms with Gasteiger partial charge in [0.15, 0.2) is 11.5 Å². The molecule has 0 aliphatic carbocycles. The minimum atomic E-state index is -0.0235. The molecule has 1 aliphatic rings. The van der Waals surface area contributed by atoms with Gasteiger partial charge in [-0.2, -0.15) is 9.97 Å². The van der Waals surface area contributed by atoms with E-state index >= 15 is 0 Å². The maximum atomic E-state index is 5.82. The van der Waals surface area contributed by atoms with Crippen LogP contribution in [0.1, 0.15) is 31.7 Å². The number of imidazole rings is 1. The highest BCUT2D eigenvalue weighted by Crippen LogP contribution is 2.30. The zero-order valence-corrected chi connectivity index (χ0v) is 14.8. The quantitative estimate of drug-likeness (QED) is 0.672. The first-order chi connectivity index (χ1) is 12.6. The number of aromatic nitrogens is 4. The summed E-state index contributed by atoms with van der Waals surface area (Å²) in [5.74, 6) is 1.07. The molecule has 4 N–H and O–H groups in total. The number of H-pyrrole nitrogens is 1. The summed E-state index contributed by atoms with van der Waals surface area (Å²) in [4.78, 5) is 20.6. The topological polar surface area (TPSA) is 105 Å². The van der Waals surface area contributed by atoms with Crippen LogP contribution in [0.4, 0.5) is 11.8 Å². The van der Waals surface area contributed by atoms with Crippen molar-refractivity contribution in [1.82, 2.24) is 19.9 Å². The van der Waals surface area contributed by atoms with E-state index in [-0.39, 0.29) is 17.9 Å². The minimum Gasteiger partial charge on any atom is -0.368 e. The van der Waals surface area contributed by atoms with Crippen LogP contribution in [0.5, 0.6) is 0 Å². The number of benzene rings is 1. The third-order valence-corrected chi connectivity index (χ3v) is 4.61. The molecule has 3 aromatic rings. The predicted molar refractivity (Wildman–Crippen MR) is 104 cm³/mol. The van der Waals surface area contributed by atoms with E-state index in [1.54, 1.807) is 6.33 Å². The lowest BCUT2D eigenvalue weighted by Crippen LogP contribution is -2.33. The van der Waals surface area contributed by atoms with Crippen molar-refractivity contribution in [2.75, 3.05) is 11.1 Å². The average Bonchev–Trinajstić information content (AvgIpc) is 3.11. The zero-order valence-electron chi connectivity index (χ0n) is 14.8. The lowest BCUT2D eigenvalue weighted by Gasteiger charge is -2.27. The molecule has 4 rings (SSSR count). The largest absolute Gasteiger partial charge is 0.368 e. The number of hydrogen-bond donors (Lipinski definition) is 3. The number of allylic oxidation sites excluding steroid dienone is 2. The molecule has 2 unspecified atom stereocenters. The minimum absolute atomic E-state index is 0.0235. The van der Waals surface area contributed by atoms with Crippen LogP contribution in [0.3, 0.4) is 0 Å². The first-order valence-corrected chi connectivity index (χ1v) is 8.65. The lowest BCUT2D eigenvalue weighted by molar-refractivity contribution is 0.823. The van der Waals surface area contributed by atoms with Crippen molar-refractivity contribution in [3.8, 4) is 0 Å². The molecule has 0 fully saturated rings. The Labute approximate surface area is 151 Å². The third kappa shape index (κ3) is 3.03. The Morgan fingerprint density at radius 1 is 1.23 bits per heavy atom. The fourth-order valence-electron chi connectivity index (χ4n) is 3.36. The molecule has 1 aromatic carbocycles. The average molecular weight is 347 g/mol. The molecule has 26 heavy (non-hydrogen) atoms. The van der Waals surface area contributed by atoms with Gasteiger partial charge in [0.1, 0.15) is 5.52 Å². The van der Waals surface area contributed by atoms with Gasteiger partial charge in [-0.25, -0.2) is 4.98 Å². The van der Waals surface area contributed by atoms with Crippen LogP contribution in [0.25, 0.3) is 11.2 Å². The summed E-state index contributed by atoms with van der Waals surface area (Å²) in [6, 6.07) is 10.4. The molecule has 2 atom stereocenters. The first kappa shape index (κ1) is 16.3. The number of anilines is 2. The van der Waals surface area contributed by atoms with Gasteiger partial charge in [-0.1, -0.05) is 36.4 Å². The number of fused-ring (bicyclic) bond motifs is 1. The number of aliphatic imine (C=N–C) groups is 1. The van der Waals surface area contributed by atoms with Crippen LogP contribution < -0.4 is 11.1 Å². The van der Waals surface area contributed by atoms with Crippen molar-refractivity contribution in [2.24, 2.45) is 4.99 Å². The smallest absolute Gasteiger partial charge is 0.224 e. The highest BCUT2D eigenvalue weighted by atomic mass is 15.1. The van der Waals surface area contributed by atoms with Gasteiger partial charge < -0.3 is 16.0 Å². The van der Waals surface area contributed by atoms with Gasteiger partial charge >= 0.3 is 0 Å². The predicted octanol–water partition coefficient (Wildman–Crippen LogP) is 3.27. The molecule has 132 valence electrons. The Bertz CT molecular complexity index is 988. The second-order valence-electron chi connectivity index (χ2n) is 6.48. The molecular formula is C19H21N7. The zero-order chi connectivity index (χ0) is 18.1. The van der Waals surface area contributed by atoms with Gasteiger partial charge in [-0.15, -0.1) is 0 Å². The fraction of sp³-hybridized carbons (Fsp3) is 0.263. The molecule has 1 aliphatic heterocycles. The molecule has 7 heteroatoms. The number of hydrogen-bond acceptors (Lipinski definition) is 6. The maximum Gasteiger partial charge on any atom is 0.224 e. The number of nitrogens with zero attached hydrogens (tertiary/aromatic N) is 4. The maximum absolute atomic E-state index is 5.82. The van der Waals surface area contributed by atoms with Crippen LogP contribution in [-0.2, 0) is 0 Å². The van der Waals surface area contributed by atoms with Gasteiger partial charge in [0.25, 0.3) is 0 Å². The highest BCUT2D eigenvalue weighted by molar-refractivity contribution is 5.99. The van der Waals surface area contributed by atoms with Gasteiger partial charge in [-0.3, -0.25) is 4.99 Å². The first-order valence-electron chi connectivity index (χ1n) is 8.65. The Morgan fingerprint density at radius 2 is 2.04 bits per heavy atom. The standard InChI is InChI=1S/C19H21N7/c1-11-8-9-14(13-6-4-3-5-7-13)15(23-11)12(2)24-18-16-17(22-10-21-16)25-19(20)26-18/h3-8,10,12,14H,9H2,1-2H3,(H4,20,21,22,24,25,26). The second-order valence-corrected chi connectivity index (χ2v) is 6.48. The summed E-state index contributed by atoms with van der Waals surface area (Å²) in [6.07, 6.45) is 4.71. The van der Waals surface area contributed by atoms with Crippen LogP contribution in [-0.4, -0.2) is 31.7 Å². The lowest BCUT2D eigenvalue weighted by atomic mass is 9.85. The van der Waals surface area contributed by atoms with Gasteiger partial charge in [-0.05, 0) is 25.8 Å². The third-order valence-electron chi connectivity index (χ3n) is 4.61. The number of nitrogens with one attached hydrogen (secondary N) is 2. The Kier molecular flexibility index (Phi) is 4.12. The molecule has 3 heterocycles. The molecular weight excluding hydrogens is 326 g/mol. The second kappa shape index (κ2) is 6.59. The van der Waals surface area contributed by atoms with E-state index in [0.717, 1.165) is 23.3 Å². The van der Waals surface area contributed by atoms with Gasteiger partial charge in [0.2, 0.25) is 5.95 Å². The van der Waals surface area contributed by atoms with Crippen molar-refractivity contribution in [1.29, 1.82) is 0 Å². The van der Waals surface area contributed by atoms with Gasteiger partial charge in [0.05, 0.1) is 12.4 Å². The van der Waals surface area contributed by atoms with Crippen LogP contribution in [0.2, 0.25) is 0 Å². The molecule has 0 spiro atoms. The number of nitrogen functional groups attached to an aromatic ring is 1. The fourth-order valence-corrected chi connectivity index (χ4v) is 3.36. The molecule has 0 amide bonds. The summed E-state index contributed by atoms with van der Waals surface area (Å²) >= 11 is 0. The van der Waals surface area contributed by atoms with E-state index in [4.69, 9.17) is 10.7 Å². The van der Waals surface area contributed by atoms with E-state index in [1.165, 1.54) is 5.56 Å². The van der Waals surface area contributed by atoms with Crippen LogP contribution in [0.15, 0.2) is 53.4 Å². The molecule has 0 saturated heterocycles. The van der Waals surface area contributed by atoms with Gasteiger partial charge in [0, 0.05) is 17.3 Å². The Balaban J connectivity index is 1.67. The number of nitrogens with two attached hydrogens (primary N) is 1. The summed E-state index contributed by atoms with van der Waals surface area (Å²) in [7, 11) is 0.